The number of benzene rings is 2. The van der Waals surface area contributed by atoms with E-state index in [4.69, 9.17) is 22.1 Å². The Morgan fingerprint density at radius 1 is 1.09 bits per heavy atom. The topological polar surface area (TPSA) is 66.8 Å². The summed E-state index contributed by atoms with van der Waals surface area (Å²) in [6.07, 6.45) is 2.34. The molecule has 4 rings (SSSR count). The Morgan fingerprint density at radius 3 is 2.57 bits per heavy atom. The van der Waals surface area contributed by atoms with E-state index in [2.05, 4.69) is 0 Å². The Balaban J connectivity index is 1.29. The summed E-state index contributed by atoms with van der Waals surface area (Å²) in [5.41, 5.74) is 2.39. The van der Waals surface area contributed by atoms with E-state index < -0.39 is 17.6 Å². The molecule has 10 heteroatoms. The molecular formula is C25H19F2NO4S3. The molecule has 35 heavy (non-hydrogen) atoms. The fourth-order valence-corrected chi connectivity index (χ4v) is 5.56. The van der Waals surface area contributed by atoms with E-state index in [1.165, 1.54) is 41.3 Å². The highest BCUT2D eigenvalue weighted by atomic mass is 32.2. The first kappa shape index (κ1) is 25.2. The number of thioether (sulfide) groups is 1. The summed E-state index contributed by atoms with van der Waals surface area (Å²) >= 11 is 8.00. The number of thiocarbonyl (C=S) groups is 1. The minimum atomic E-state index is -0.974. The molecule has 1 N–H and O–H groups in total. The molecule has 0 unspecified atom stereocenters. The number of carboxylic acids is 1. The van der Waals surface area contributed by atoms with Gasteiger partial charge in [-0.3, -0.25) is 9.69 Å². The number of ether oxygens (including phenoxy) is 1. The Bertz CT molecular complexity index is 1300. The Labute approximate surface area is 214 Å². The maximum atomic E-state index is 13.5. The SMILES string of the molecule is O=C(O)c1ccc(COCCCN2C(=O)/C(=C/c3cc(-c4ccc(F)c(F)c4)cs3)SC2=S)cc1. The van der Waals surface area contributed by atoms with Crippen LogP contribution in [-0.4, -0.2) is 39.4 Å². The van der Waals surface area contributed by atoms with Gasteiger partial charge in [0.2, 0.25) is 0 Å². The molecule has 0 radical (unpaired) electrons. The molecule has 180 valence electrons. The van der Waals surface area contributed by atoms with Gasteiger partial charge in [0.1, 0.15) is 4.32 Å². The fourth-order valence-electron chi connectivity index (χ4n) is 3.34. The van der Waals surface area contributed by atoms with E-state index in [0.717, 1.165) is 28.1 Å². The summed E-state index contributed by atoms with van der Waals surface area (Å²) in [5.74, 6) is -2.95. The molecule has 3 aromatic rings. The number of hydrogen-bond acceptors (Lipinski definition) is 6. The van der Waals surface area contributed by atoms with Gasteiger partial charge in [0.05, 0.1) is 17.1 Å². The third-order valence-corrected chi connectivity index (χ3v) is 7.42. The van der Waals surface area contributed by atoms with Crippen LogP contribution in [0.15, 0.2) is 58.8 Å². The van der Waals surface area contributed by atoms with Crippen molar-refractivity contribution in [3.8, 4) is 11.1 Å². The van der Waals surface area contributed by atoms with Crippen molar-refractivity contribution in [2.45, 2.75) is 13.0 Å². The van der Waals surface area contributed by atoms with Crippen LogP contribution in [0.3, 0.4) is 0 Å². The number of carbonyl (C=O) groups excluding carboxylic acids is 1. The zero-order chi connectivity index (χ0) is 24.9. The van der Waals surface area contributed by atoms with Crippen molar-refractivity contribution in [3.63, 3.8) is 0 Å². The molecule has 0 spiro atoms. The van der Waals surface area contributed by atoms with Crippen LogP contribution < -0.4 is 0 Å². The molecule has 1 amide bonds. The zero-order valence-electron chi connectivity index (χ0n) is 18.2. The second kappa shape index (κ2) is 11.2. The van der Waals surface area contributed by atoms with Crippen molar-refractivity contribution in [1.82, 2.24) is 4.90 Å². The third-order valence-electron chi connectivity index (χ3n) is 5.16. The van der Waals surface area contributed by atoms with Crippen LogP contribution >= 0.6 is 35.3 Å². The van der Waals surface area contributed by atoms with Crippen molar-refractivity contribution in [3.05, 3.63) is 86.5 Å². The molecule has 1 aromatic heterocycles. The summed E-state index contributed by atoms with van der Waals surface area (Å²) in [6, 6.07) is 12.0. The average Bonchev–Trinajstić information content (AvgIpc) is 3.40. The van der Waals surface area contributed by atoms with Crippen LogP contribution in [-0.2, 0) is 16.1 Å². The van der Waals surface area contributed by atoms with Gasteiger partial charge in [0.25, 0.3) is 5.91 Å². The van der Waals surface area contributed by atoms with Crippen molar-refractivity contribution < 1.29 is 28.2 Å². The first-order valence-corrected chi connectivity index (χ1v) is 12.6. The van der Waals surface area contributed by atoms with Crippen molar-refractivity contribution >= 4 is 57.6 Å². The Hall–Kier alpha value is -2.92. The lowest BCUT2D eigenvalue weighted by molar-refractivity contribution is -0.122. The summed E-state index contributed by atoms with van der Waals surface area (Å²) < 4.78 is 32.8. The number of amides is 1. The molecule has 0 aliphatic carbocycles. The summed E-state index contributed by atoms with van der Waals surface area (Å²) in [5, 5.41) is 10.8. The number of aromatic carboxylic acids is 1. The van der Waals surface area contributed by atoms with Crippen molar-refractivity contribution in [2.24, 2.45) is 0 Å². The highest BCUT2D eigenvalue weighted by Gasteiger charge is 2.31. The van der Waals surface area contributed by atoms with Gasteiger partial charge in [-0.25, -0.2) is 13.6 Å². The van der Waals surface area contributed by atoms with E-state index in [1.54, 1.807) is 23.1 Å². The quantitative estimate of drug-likeness (QED) is 0.202. The predicted octanol–water partition coefficient (Wildman–Crippen LogP) is 6.20. The summed E-state index contributed by atoms with van der Waals surface area (Å²) in [7, 11) is 0. The van der Waals surface area contributed by atoms with Gasteiger partial charge in [-0.15, -0.1) is 11.3 Å². The number of carbonyl (C=O) groups is 2. The number of hydrogen-bond donors (Lipinski definition) is 1. The Kier molecular flexibility index (Phi) is 8.07. The van der Waals surface area contributed by atoms with Crippen LogP contribution in [0.4, 0.5) is 8.78 Å². The van der Waals surface area contributed by atoms with E-state index in [9.17, 15) is 18.4 Å². The largest absolute Gasteiger partial charge is 0.478 e. The summed E-state index contributed by atoms with van der Waals surface area (Å²) in [6.45, 7) is 1.18. The lowest BCUT2D eigenvalue weighted by atomic mass is 10.1. The minimum Gasteiger partial charge on any atom is -0.478 e. The zero-order valence-corrected chi connectivity index (χ0v) is 20.7. The maximum absolute atomic E-state index is 13.5. The highest BCUT2D eigenvalue weighted by molar-refractivity contribution is 8.26. The molecule has 2 aromatic carbocycles. The fraction of sp³-hybridized carbons (Fsp3) is 0.160. The van der Waals surface area contributed by atoms with Gasteiger partial charge in [-0.2, -0.15) is 0 Å². The van der Waals surface area contributed by atoms with Crippen LogP contribution in [0.5, 0.6) is 0 Å². The molecule has 0 atom stereocenters. The Morgan fingerprint density at radius 2 is 1.86 bits per heavy atom. The van der Waals surface area contributed by atoms with Gasteiger partial charge >= 0.3 is 5.97 Å². The molecule has 1 aliphatic heterocycles. The van der Waals surface area contributed by atoms with Gasteiger partial charge < -0.3 is 9.84 Å². The second-order valence-corrected chi connectivity index (χ2v) is 10.2. The molecule has 0 saturated carbocycles. The van der Waals surface area contributed by atoms with Crippen LogP contribution in [0.1, 0.15) is 27.2 Å². The second-order valence-electron chi connectivity index (χ2n) is 7.61. The smallest absolute Gasteiger partial charge is 0.335 e. The number of nitrogens with zero attached hydrogens (tertiary/aromatic N) is 1. The molecule has 1 aliphatic rings. The molecule has 1 saturated heterocycles. The van der Waals surface area contributed by atoms with E-state index in [-0.39, 0.29) is 11.5 Å². The highest BCUT2D eigenvalue weighted by Crippen LogP contribution is 2.35. The first-order chi connectivity index (χ1) is 16.8. The van der Waals surface area contributed by atoms with Crippen molar-refractivity contribution in [2.75, 3.05) is 13.2 Å². The van der Waals surface area contributed by atoms with E-state index in [1.807, 2.05) is 11.4 Å². The summed E-state index contributed by atoms with van der Waals surface area (Å²) in [4.78, 5) is 26.6. The molecule has 2 heterocycles. The maximum Gasteiger partial charge on any atom is 0.335 e. The predicted molar refractivity (Wildman–Crippen MR) is 137 cm³/mol. The van der Waals surface area contributed by atoms with E-state index >= 15 is 0 Å². The average molecular weight is 532 g/mol. The van der Waals surface area contributed by atoms with Gasteiger partial charge in [-0.1, -0.05) is 42.2 Å². The number of halogens is 2. The minimum absolute atomic E-state index is 0.174. The first-order valence-electron chi connectivity index (χ1n) is 10.5. The van der Waals surface area contributed by atoms with Crippen molar-refractivity contribution in [1.29, 1.82) is 0 Å². The van der Waals surface area contributed by atoms with Gasteiger partial charge in [0, 0.05) is 18.0 Å². The van der Waals surface area contributed by atoms with Crippen LogP contribution in [0.2, 0.25) is 0 Å². The van der Waals surface area contributed by atoms with Gasteiger partial charge in [0.15, 0.2) is 11.6 Å². The molecular weight excluding hydrogens is 512 g/mol. The van der Waals surface area contributed by atoms with Gasteiger partial charge in [-0.05, 0) is 64.9 Å². The van der Waals surface area contributed by atoms with Crippen LogP contribution in [0, 0.1) is 11.6 Å². The number of rotatable bonds is 9. The lowest BCUT2D eigenvalue weighted by Gasteiger charge is -2.14. The normalized spacial score (nSPS) is 14.8. The lowest BCUT2D eigenvalue weighted by Crippen LogP contribution is -2.29. The number of carboxylic acid groups (broad SMARTS) is 1. The third kappa shape index (κ3) is 6.21. The number of thiophene rings is 1. The van der Waals surface area contributed by atoms with Crippen LogP contribution in [0.25, 0.3) is 17.2 Å². The molecule has 5 nitrogen and oxygen atoms in total. The standard InChI is InChI=1S/C25H19F2NO4S3/c26-20-7-6-17(11-21(20)27)18-10-19(34-14-18)12-22-23(29)28(25(33)35-22)8-1-9-32-13-15-2-4-16(5-3-15)24(30)31/h2-7,10-12,14H,1,8-9,13H2,(H,30,31)/b22-12-. The molecule has 0 bridgehead atoms. The van der Waals surface area contributed by atoms with E-state index in [0.29, 0.717) is 41.0 Å². The molecule has 1 fully saturated rings. The monoisotopic (exact) mass is 531 g/mol.